The van der Waals surface area contributed by atoms with Crippen molar-refractivity contribution in [2.75, 3.05) is 5.32 Å². The first kappa shape index (κ1) is 12.5. The highest BCUT2D eigenvalue weighted by molar-refractivity contribution is 5.22. The van der Waals surface area contributed by atoms with E-state index in [9.17, 15) is 0 Å². The van der Waals surface area contributed by atoms with Crippen molar-refractivity contribution < 1.29 is 4.42 Å². The first-order chi connectivity index (χ1) is 8.36. The minimum Gasteiger partial charge on any atom is -0.408 e. The molecule has 2 N–H and O–H groups in total. The van der Waals surface area contributed by atoms with Gasteiger partial charge in [-0.2, -0.15) is 5.10 Å². The molecular formula is C11H18N6O. The van der Waals surface area contributed by atoms with E-state index < -0.39 is 0 Å². The van der Waals surface area contributed by atoms with Gasteiger partial charge in [0.1, 0.15) is 5.82 Å². The molecule has 2 aromatic heterocycles. The van der Waals surface area contributed by atoms with Crippen molar-refractivity contribution in [1.82, 2.24) is 25.4 Å². The van der Waals surface area contributed by atoms with Crippen LogP contribution in [0.2, 0.25) is 0 Å². The predicted molar refractivity (Wildman–Crippen MR) is 66.2 cm³/mol. The first-order valence-electron chi connectivity index (χ1n) is 5.85. The average Bonchev–Trinajstić information content (AvgIpc) is 2.85. The van der Waals surface area contributed by atoms with Crippen molar-refractivity contribution in [3.63, 3.8) is 0 Å². The SMILES string of the molecule is Cc1nc([C@H](C)Nc2nnc(C(C)(C)C)o2)n[nH]1. The standard InChI is InChI=1S/C11H18N6O/c1-6(8-13-7(2)14-15-8)12-10-17-16-9(18-10)11(3,4)5/h6H,1-5H3,(H,12,17)(H,13,14,15)/t6-/m0/s1. The van der Waals surface area contributed by atoms with Gasteiger partial charge in [-0.1, -0.05) is 25.9 Å². The third-order valence-corrected chi connectivity index (χ3v) is 2.41. The van der Waals surface area contributed by atoms with Crippen molar-refractivity contribution in [1.29, 1.82) is 0 Å². The molecule has 0 spiro atoms. The highest BCUT2D eigenvalue weighted by Crippen LogP contribution is 2.23. The maximum Gasteiger partial charge on any atom is 0.316 e. The summed E-state index contributed by atoms with van der Waals surface area (Å²) in [4.78, 5) is 4.24. The summed E-state index contributed by atoms with van der Waals surface area (Å²) in [5.74, 6) is 2.05. The Hall–Kier alpha value is -1.92. The molecule has 18 heavy (non-hydrogen) atoms. The van der Waals surface area contributed by atoms with E-state index in [0.29, 0.717) is 17.7 Å². The smallest absolute Gasteiger partial charge is 0.316 e. The number of aromatic amines is 1. The maximum atomic E-state index is 5.55. The van der Waals surface area contributed by atoms with Crippen LogP contribution in [0, 0.1) is 6.92 Å². The molecule has 1 atom stereocenters. The lowest BCUT2D eigenvalue weighted by Crippen LogP contribution is -2.11. The van der Waals surface area contributed by atoms with E-state index in [0.717, 1.165) is 5.82 Å². The predicted octanol–water partition coefficient (Wildman–Crippen LogP) is 1.97. The molecule has 2 heterocycles. The summed E-state index contributed by atoms with van der Waals surface area (Å²) >= 11 is 0. The third-order valence-electron chi connectivity index (χ3n) is 2.41. The molecule has 0 unspecified atom stereocenters. The Morgan fingerprint density at radius 1 is 1.28 bits per heavy atom. The summed E-state index contributed by atoms with van der Waals surface area (Å²) in [6.07, 6.45) is 0. The van der Waals surface area contributed by atoms with Gasteiger partial charge in [0.15, 0.2) is 5.82 Å². The molecule has 0 saturated heterocycles. The van der Waals surface area contributed by atoms with E-state index >= 15 is 0 Å². The van der Waals surface area contributed by atoms with E-state index in [1.54, 1.807) is 0 Å². The second-order valence-electron chi connectivity index (χ2n) is 5.31. The fourth-order valence-electron chi connectivity index (χ4n) is 1.39. The Labute approximate surface area is 105 Å². The molecule has 7 heteroatoms. The van der Waals surface area contributed by atoms with Crippen LogP contribution in [-0.2, 0) is 5.41 Å². The van der Waals surface area contributed by atoms with Gasteiger partial charge in [-0.15, -0.1) is 5.10 Å². The van der Waals surface area contributed by atoms with Gasteiger partial charge in [0.2, 0.25) is 5.89 Å². The van der Waals surface area contributed by atoms with Crippen LogP contribution in [0.5, 0.6) is 0 Å². The van der Waals surface area contributed by atoms with E-state index in [1.165, 1.54) is 0 Å². The monoisotopic (exact) mass is 250 g/mol. The number of hydrogen-bond acceptors (Lipinski definition) is 6. The van der Waals surface area contributed by atoms with Gasteiger partial charge in [-0.25, -0.2) is 4.98 Å². The van der Waals surface area contributed by atoms with Crippen molar-refractivity contribution in [2.45, 2.75) is 46.1 Å². The molecule has 0 saturated carbocycles. The van der Waals surface area contributed by atoms with Crippen LogP contribution in [0.4, 0.5) is 6.01 Å². The Morgan fingerprint density at radius 3 is 2.50 bits per heavy atom. The van der Waals surface area contributed by atoms with Gasteiger partial charge in [0.25, 0.3) is 0 Å². The summed E-state index contributed by atoms with van der Waals surface area (Å²) in [6, 6.07) is 0.290. The van der Waals surface area contributed by atoms with E-state index in [2.05, 4.69) is 30.7 Å². The van der Waals surface area contributed by atoms with Crippen molar-refractivity contribution in [3.05, 3.63) is 17.5 Å². The Morgan fingerprint density at radius 2 is 2.00 bits per heavy atom. The molecule has 0 aliphatic rings. The molecule has 0 aromatic carbocycles. The molecule has 7 nitrogen and oxygen atoms in total. The molecule has 0 aliphatic heterocycles. The highest BCUT2D eigenvalue weighted by Gasteiger charge is 2.22. The summed E-state index contributed by atoms with van der Waals surface area (Å²) in [7, 11) is 0. The van der Waals surface area contributed by atoms with Crippen LogP contribution >= 0.6 is 0 Å². The molecule has 0 amide bonds. The van der Waals surface area contributed by atoms with Crippen LogP contribution in [0.25, 0.3) is 0 Å². The fraction of sp³-hybridized carbons (Fsp3) is 0.636. The minimum atomic E-state index is -0.155. The molecule has 0 bridgehead atoms. The van der Waals surface area contributed by atoms with E-state index in [4.69, 9.17) is 4.42 Å². The summed E-state index contributed by atoms with van der Waals surface area (Å²) < 4.78 is 5.55. The molecule has 2 aromatic rings. The molecule has 2 rings (SSSR count). The van der Waals surface area contributed by atoms with E-state index in [-0.39, 0.29) is 11.5 Å². The van der Waals surface area contributed by atoms with Gasteiger partial charge < -0.3 is 9.73 Å². The van der Waals surface area contributed by atoms with Crippen molar-refractivity contribution in [3.8, 4) is 0 Å². The Kier molecular flexibility index (Phi) is 3.06. The lowest BCUT2D eigenvalue weighted by molar-refractivity contribution is 0.397. The van der Waals surface area contributed by atoms with Gasteiger partial charge in [-0.3, -0.25) is 5.10 Å². The summed E-state index contributed by atoms with van der Waals surface area (Å²) in [5.41, 5.74) is -0.155. The van der Waals surface area contributed by atoms with Crippen LogP contribution in [0.3, 0.4) is 0 Å². The van der Waals surface area contributed by atoms with Gasteiger partial charge >= 0.3 is 6.01 Å². The quantitative estimate of drug-likeness (QED) is 0.865. The highest BCUT2D eigenvalue weighted by atomic mass is 16.4. The number of rotatable bonds is 3. The minimum absolute atomic E-state index is 0.0942. The largest absolute Gasteiger partial charge is 0.408 e. The zero-order valence-electron chi connectivity index (χ0n) is 11.3. The number of nitrogens with one attached hydrogen (secondary N) is 2. The normalized spacial score (nSPS) is 13.6. The molecule has 0 aliphatic carbocycles. The van der Waals surface area contributed by atoms with Gasteiger partial charge in [-0.05, 0) is 13.8 Å². The zero-order chi connectivity index (χ0) is 13.3. The Balaban J connectivity index is 2.08. The lowest BCUT2D eigenvalue weighted by Gasteiger charge is -2.11. The number of aromatic nitrogens is 5. The van der Waals surface area contributed by atoms with E-state index in [1.807, 2.05) is 34.6 Å². The fourth-order valence-corrected chi connectivity index (χ4v) is 1.39. The van der Waals surface area contributed by atoms with Crippen LogP contribution in [0.15, 0.2) is 4.42 Å². The van der Waals surface area contributed by atoms with Gasteiger partial charge in [0.05, 0.1) is 6.04 Å². The van der Waals surface area contributed by atoms with Crippen LogP contribution in [-0.4, -0.2) is 25.4 Å². The maximum absolute atomic E-state index is 5.55. The second kappa shape index (κ2) is 4.40. The van der Waals surface area contributed by atoms with Crippen molar-refractivity contribution in [2.24, 2.45) is 0 Å². The molecule has 98 valence electrons. The summed E-state index contributed by atoms with van der Waals surface area (Å²) in [6.45, 7) is 9.85. The average molecular weight is 250 g/mol. The first-order valence-corrected chi connectivity index (χ1v) is 5.85. The molecular weight excluding hydrogens is 232 g/mol. The third kappa shape index (κ3) is 2.66. The number of nitrogens with zero attached hydrogens (tertiary/aromatic N) is 4. The van der Waals surface area contributed by atoms with Gasteiger partial charge in [0, 0.05) is 5.41 Å². The number of aryl methyl sites for hydroxylation is 1. The van der Waals surface area contributed by atoms with Crippen molar-refractivity contribution >= 4 is 6.01 Å². The zero-order valence-corrected chi connectivity index (χ0v) is 11.3. The molecule has 0 radical (unpaired) electrons. The number of anilines is 1. The lowest BCUT2D eigenvalue weighted by atomic mass is 9.97. The number of hydrogen-bond donors (Lipinski definition) is 2. The second-order valence-corrected chi connectivity index (χ2v) is 5.31. The topological polar surface area (TPSA) is 92.5 Å². The van der Waals surface area contributed by atoms with Crippen LogP contribution in [0.1, 0.15) is 51.3 Å². The Bertz CT molecular complexity index is 524. The number of H-pyrrole nitrogens is 1. The van der Waals surface area contributed by atoms with Crippen LogP contribution < -0.4 is 5.32 Å². The molecule has 0 fully saturated rings. The summed E-state index contributed by atoms with van der Waals surface area (Å²) in [5, 5.41) is 17.9.